The predicted molar refractivity (Wildman–Crippen MR) is 60.5 cm³/mol. The molecule has 2 rings (SSSR count). The third kappa shape index (κ3) is 0.956. The first kappa shape index (κ1) is 10.2. The second kappa shape index (κ2) is 2.82. The average Bonchev–Trinajstić information content (AvgIpc) is 2.38. The minimum Gasteiger partial charge on any atom is -0.299 e. The molecule has 0 radical (unpaired) electrons. The van der Waals surface area contributed by atoms with Gasteiger partial charge in [0, 0.05) is 22.0 Å². The van der Waals surface area contributed by atoms with Crippen molar-refractivity contribution in [3.63, 3.8) is 0 Å². The number of alkyl halides is 2. The Kier molecular flexibility index (Phi) is 2.20. The number of Topliss-reactive ketones (excluding diaryl/α,β-unsaturated/α-hetero) is 1. The van der Waals surface area contributed by atoms with Crippen LogP contribution in [0, 0.1) is 16.7 Å². The topological polar surface area (TPSA) is 17.1 Å². The van der Waals surface area contributed by atoms with Crippen LogP contribution in [0.25, 0.3) is 0 Å². The molecule has 13 heavy (non-hydrogen) atoms. The molecule has 3 heteroatoms. The first-order valence-corrected chi connectivity index (χ1v) is 6.74. The van der Waals surface area contributed by atoms with Crippen LogP contribution in [0.15, 0.2) is 0 Å². The highest BCUT2D eigenvalue weighted by atomic mass is 79.9. The van der Waals surface area contributed by atoms with Crippen molar-refractivity contribution in [1.29, 1.82) is 0 Å². The smallest absolute Gasteiger partial charge is 0.140 e. The van der Waals surface area contributed by atoms with Crippen molar-refractivity contribution in [2.24, 2.45) is 16.7 Å². The second-order valence-electron chi connectivity index (χ2n) is 4.78. The van der Waals surface area contributed by atoms with E-state index in [0.29, 0.717) is 16.5 Å². The van der Waals surface area contributed by atoms with Gasteiger partial charge < -0.3 is 0 Å². The summed E-state index contributed by atoms with van der Waals surface area (Å²) in [6.45, 7) is 4.38. The van der Waals surface area contributed by atoms with Gasteiger partial charge in [-0.3, -0.25) is 4.79 Å². The lowest BCUT2D eigenvalue weighted by molar-refractivity contribution is -0.127. The van der Waals surface area contributed by atoms with Gasteiger partial charge in [0.05, 0.1) is 0 Å². The quantitative estimate of drug-likeness (QED) is 0.680. The lowest BCUT2D eigenvalue weighted by Crippen LogP contribution is -2.41. The molecule has 2 bridgehead atoms. The lowest BCUT2D eigenvalue weighted by atomic mass is 9.70. The maximum Gasteiger partial charge on any atom is 0.140 e. The second-order valence-corrected chi connectivity index (χ2v) is 6.45. The van der Waals surface area contributed by atoms with E-state index in [1.165, 1.54) is 0 Å². The van der Waals surface area contributed by atoms with Crippen molar-refractivity contribution < 1.29 is 4.79 Å². The van der Waals surface area contributed by atoms with Crippen LogP contribution in [0.1, 0.15) is 26.7 Å². The number of rotatable bonds is 1. The molecule has 74 valence electrons. The summed E-state index contributed by atoms with van der Waals surface area (Å²) in [5.74, 6) is 1.03. The summed E-state index contributed by atoms with van der Waals surface area (Å²) in [6.07, 6.45) is 1.95. The van der Waals surface area contributed by atoms with Gasteiger partial charge in [-0.1, -0.05) is 45.7 Å². The zero-order valence-electron chi connectivity index (χ0n) is 7.94. The molecule has 0 aromatic rings. The fourth-order valence-corrected chi connectivity index (χ4v) is 5.28. The molecule has 0 aromatic heterocycles. The van der Waals surface area contributed by atoms with Gasteiger partial charge >= 0.3 is 0 Å². The summed E-state index contributed by atoms with van der Waals surface area (Å²) >= 11 is 7.24. The lowest BCUT2D eigenvalue weighted by Gasteiger charge is -2.36. The Balaban J connectivity index is 2.49. The Morgan fingerprint density at radius 2 is 2.15 bits per heavy atom. The highest BCUT2D eigenvalue weighted by Gasteiger charge is 2.67. The molecule has 0 aliphatic heterocycles. The first-order chi connectivity index (χ1) is 5.96. The van der Waals surface area contributed by atoms with Crippen LogP contribution < -0.4 is 0 Å². The Hall–Kier alpha value is 0.630. The normalized spacial score (nSPS) is 54.6. The van der Waals surface area contributed by atoms with Crippen LogP contribution in [0.4, 0.5) is 0 Å². The van der Waals surface area contributed by atoms with E-state index in [-0.39, 0.29) is 10.8 Å². The standard InChI is InChI=1S/C10H14Br2O/c1-9(5-11)6-3-7(12)10(9,2)8(13)4-6/h6-7H,3-5H2,1-2H3/t6-,7+,9-,10-/m1/s1. The minimum absolute atomic E-state index is 0.138. The molecule has 0 unspecified atom stereocenters. The molecule has 1 nitrogen and oxygen atoms in total. The number of ketones is 1. The van der Waals surface area contributed by atoms with Crippen LogP contribution in [-0.4, -0.2) is 15.9 Å². The van der Waals surface area contributed by atoms with E-state index < -0.39 is 0 Å². The molecule has 0 N–H and O–H groups in total. The molecular formula is C10H14Br2O. The maximum absolute atomic E-state index is 11.9. The van der Waals surface area contributed by atoms with Crippen molar-refractivity contribution in [2.75, 3.05) is 5.33 Å². The van der Waals surface area contributed by atoms with Crippen LogP contribution in [-0.2, 0) is 4.79 Å². The minimum atomic E-state index is -0.138. The Morgan fingerprint density at radius 3 is 2.46 bits per heavy atom. The molecular weight excluding hydrogens is 296 g/mol. The third-order valence-corrected chi connectivity index (χ3v) is 6.95. The summed E-state index contributed by atoms with van der Waals surface area (Å²) in [5.41, 5.74) is 0.0272. The zero-order valence-corrected chi connectivity index (χ0v) is 11.1. The zero-order chi connectivity index (χ0) is 9.85. The molecule has 0 aromatic carbocycles. The third-order valence-electron chi connectivity index (χ3n) is 4.49. The van der Waals surface area contributed by atoms with Crippen LogP contribution in [0.3, 0.4) is 0 Å². The van der Waals surface area contributed by atoms with Gasteiger partial charge in [-0.25, -0.2) is 0 Å². The SMILES string of the molecule is C[C@]12C(=O)C[C@@H](C[C@@H]1Br)[C@@]2(C)CBr. The van der Waals surface area contributed by atoms with E-state index in [2.05, 4.69) is 45.7 Å². The summed E-state index contributed by atoms with van der Waals surface area (Å²) < 4.78 is 0. The first-order valence-electron chi connectivity index (χ1n) is 4.70. The number of halogens is 2. The van der Waals surface area contributed by atoms with E-state index in [4.69, 9.17) is 0 Å². The van der Waals surface area contributed by atoms with E-state index in [0.717, 1.165) is 18.2 Å². The molecule has 2 aliphatic rings. The van der Waals surface area contributed by atoms with Gasteiger partial charge in [0.15, 0.2) is 0 Å². The van der Waals surface area contributed by atoms with Crippen molar-refractivity contribution >= 4 is 37.6 Å². The highest BCUT2D eigenvalue weighted by Crippen LogP contribution is 2.66. The summed E-state index contributed by atoms with van der Waals surface area (Å²) in [6, 6.07) is 0. The maximum atomic E-state index is 11.9. The van der Waals surface area contributed by atoms with E-state index >= 15 is 0 Å². The van der Waals surface area contributed by atoms with Crippen molar-refractivity contribution in [2.45, 2.75) is 31.5 Å². The van der Waals surface area contributed by atoms with Gasteiger partial charge in [0.1, 0.15) is 5.78 Å². The van der Waals surface area contributed by atoms with E-state index in [9.17, 15) is 4.79 Å². The number of carbonyl (C=O) groups excluding carboxylic acids is 1. The largest absolute Gasteiger partial charge is 0.299 e. The fraction of sp³-hybridized carbons (Fsp3) is 0.900. The molecule has 2 aliphatic carbocycles. The van der Waals surface area contributed by atoms with Gasteiger partial charge in [0.2, 0.25) is 0 Å². The molecule has 2 fully saturated rings. The van der Waals surface area contributed by atoms with Crippen molar-refractivity contribution in [3.05, 3.63) is 0 Å². The molecule has 0 spiro atoms. The van der Waals surface area contributed by atoms with Gasteiger partial charge in [-0.05, 0) is 17.8 Å². The predicted octanol–water partition coefficient (Wildman–Crippen LogP) is 3.15. The summed E-state index contributed by atoms with van der Waals surface area (Å²) in [5, 5.41) is 0.939. The monoisotopic (exact) mass is 308 g/mol. The fourth-order valence-electron chi connectivity index (χ4n) is 3.01. The van der Waals surface area contributed by atoms with Gasteiger partial charge in [-0.2, -0.15) is 0 Å². The van der Waals surface area contributed by atoms with E-state index in [1.807, 2.05) is 0 Å². The average molecular weight is 310 g/mol. The van der Waals surface area contributed by atoms with Crippen molar-refractivity contribution in [1.82, 2.24) is 0 Å². The van der Waals surface area contributed by atoms with Gasteiger partial charge in [-0.15, -0.1) is 0 Å². The molecule has 0 saturated heterocycles. The number of carbonyl (C=O) groups is 1. The van der Waals surface area contributed by atoms with E-state index in [1.54, 1.807) is 0 Å². The number of hydrogen-bond acceptors (Lipinski definition) is 1. The Labute approximate surface area is 95.9 Å². The van der Waals surface area contributed by atoms with Gasteiger partial charge in [0.25, 0.3) is 0 Å². The van der Waals surface area contributed by atoms with Crippen LogP contribution in [0.2, 0.25) is 0 Å². The summed E-state index contributed by atoms with van der Waals surface area (Å²) in [4.78, 5) is 12.3. The molecule has 0 amide bonds. The molecule has 4 atom stereocenters. The Bertz CT molecular complexity index is 266. The highest BCUT2D eigenvalue weighted by molar-refractivity contribution is 9.09. The van der Waals surface area contributed by atoms with Crippen LogP contribution in [0.5, 0.6) is 0 Å². The Morgan fingerprint density at radius 1 is 1.54 bits per heavy atom. The number of fused-ring (bicyclic) bond motifs is 2. The van der Waals surface area contributed by atoms with Crippen molar-refractivity contribution in [3.8, 4) is 0 Å². The summed E-state index contributed by atoms with van der Waals surface area (Å²) in [7, 11) is 0. The number of hydrogen-bond donors (Lipinski definition) is 0. The van der Waals surface area contributed by atoms with Crippen LogP contribution >= 0.6 is 31.9 Å². The molecule has 2 saturated carbocycles. The molecule has 0 heterocycles.